The van der Waals surface area contributed by atoms with Crippen LogP contribution in [-0.2, 0) is 11.2 Å². The molecule has 7 nitrogen and oxygen atoms in total. The molecule has 0 aliphatic heterocycles. The number of rotatable bonds is 6. The number of hydrogen-bond acceptors (Lipinski definition) is 3. The summed E-state index contributed by atoms with van der Waals surface area (Å²) in [5, 5.41) is 11.1. The van der Waals surface area contributed by atoms with E-state index in [2.05, 4.69) is 15.3 Å². The molecule has 0 radical (unpaired) electrons. The van der Waals surface area contributed by atoms with Crippen LogP contribution < -0.4 is 5.32 Å². The van der Waals surface area contributed by atoms with Gasteiger partial charge in [0, 0.05) is 32.4 Å². The number of nitrogens with zero attached hydrogens (tertiary/aromatic N) is 2. The van der Waals surface area contributed by atoms with Crippen LogP contribution in [0, 0.1) is 0 Å². The lowest BCUT2D eigenvalue weighted by molar-refractivity contribution is -0.137. The van der Waals surface area contributed by atoms with E-state index in [0.29, 0.717) is 6.54 Å². The molecule has 2 amide bonds. The Morgan fingerprint density at radius 1 is 1.59 bits per heavy atom. The van der Waals surface area contributed by atoms with Crippen molar-refractivity contribution < 1.29 is 14.7 Å². The first-order chi connectivity index (χ1) is 8.09. The highest BCUT2D eigenvalue weighted by molar-refractivity contribution is 5.79. The highest BCUT2D eigenvalue weighted by Crippen LogP contribution is 1.93. The van der Waals surface area contributed by atoms with E-state index in [0.717, 1.165) is 23.6 Å². The third-order valence-electron chi connectivity index (χ3n) is 2.14. The maximum Gasteiger partial charge on any atom is 0.323 e. The zero-order chi connectivity index (χ0) is 12.7. The standard InChI is InChI=1S/C10H16N4O3/c1-14(7-9(15)16)10(17)13-4-2-3-8-11-5-6-12-8/h5-6H,2-4,7H2,1H3,(H,11,12)(H,13,17)(H,15,16). The van der Waals surface area contributed by atoms with E-state index in [1.54, 1.807) is 12.4 Å². The molecule has 0 saturated heterocycles. The third-order valence-corrected chi connectivity index (χ3v) is 2.14. The average molecular weight is 240 g/mol. The van der Waals surface area contributed by atoms with Gasteiger partial charge in [-0.3, -0.25) is 4.79 Å². The Balaban J connectivity index is 2.13. The van der Waals surface area contributed by atoms with Crippen LogP contribution in [0.2, 0.25) is 0 Å². The normalized spacial score (nSPS) is 9.94. The summed E-state index contributed by atoms with van der Waals surface area (Å²) in [6.07, 6.45) is 4.92. The van der Waals surface area contributed by atoms with Gasteiger partial charge in [-0.05, 0) is 6.42 Å². The van der Waals surface area contributed by atoms with E-state index in [4.69, 9.17) is 5.11 Å². The molecule has 0 aliphatic carbocycles. The van der Waals surface area contributed by atoms with Crippen molar-refractivity contribution in [3.05, 3.63) is 18.2 Å². The van der Waals surface area contributed by atoms with Crippen LogP contribution in [0.4, 0.5) is 4.79 Å². The fourth-order valence-corrected chi connectivity index (χ4v) is 1.30. The molecule has 7 heteroatoms. The zero-order valence-corrected chi connectivity index (χ0v) is 9.64. The quantitative estimate of drug-likeness (QED) is 0.613. The van der Waals surface area contributed by atoms with Gasteiger partial charge in [0.1, 0.15) is 12.4 Å². The summed E-state index contributed by atoms with van der Waals surface area (Å²) in [5.74, 6) is -0.156. The molecule has 0 spiro atoms. The van der Waals surface area contributed by atoms with Gasteiger partial charge in [-0.1, -0.05) is 0 Å². The number of carbonyl (C=O) groups excluding carboxylic acids is 1. The number of carboxylic acid groups (broad SMARTS) is 1. The third kappa shape index (κ3) is 5.01. The average Bonchev–Trinajstić information content (AvgIpc) is 2.75. The van der Waals surface area contributed by atoms with Crippen LogP contribution in [0.3, 0.4) is 0 Å². The number of carboxylic acids is 1. The molecular formula is C10H16N4O3. The number of aryl methyl sites for hydroxylation is 1. The predicted octanol–water partition coefficient (Wildman–Crippen LogP) is 0.0683. The van der Waals surface area contributed by atoms with Gasteiger partial charge in [0.2, 0.25) is 0 Å². The minimum Gasteiger partial charge on any atom is -0.480 e. The minimum atomic E-state index is -1.03. The molecule has 0 fully saturated rings. The maximum atomic E-state index is 11.4. The van der Waals surface area contributed by atoms with Gasteiger partial charge < -0.3 is 20.3 Å². The second-order valence-corrected chi connectivity index (χ2v) is 3.62. The molecule has 3 N–H and O–H groups in total. The van der Waals surface area contributed by atoms with Crippen LogP contribution in [0.5, 0.6) is 0 Å². The summed E-state index contributed by atoms with van der Waals surface area (Å²) in [6.45, 7) is 0.188. The summed E-state index contributed by atoms with van der Waals surface area (Å²) >= 11 is 0. The van der Waals surface area contributed by atoms with E-state index in [1.807, 2.05) is 0 Å². The molecule has 1 aromatic rings. The SMILES string of the molecule is CN(CC(=O)O)C(=O)NCCCc1ncc[nH]1. The van der Waals surface area contributed by atoms with Crippen molar-refractivity contribution in [2.24, 2.45) is 0 Å². The van der Waals surface area contributed by atoms with Gasteiger partial charge in [-0.2, -0.15) is 0 Å². The lowest BCUT2D eigenvalue weighted by atomic mass is 10.3. The van der Waals surface area contributed by atoms with Crippen molar-refractivity contribution in [2.75, 3.05) is 20.1 Å². The number of nitrogens with one attached hydrogen (secondary N) is 2. The van der Waals surface area contributed by atoms with Crippen molar-refractivity contribution in [3.8, 4) is 0 Å². The second-order valence-electron chi connectivity index (χ2n) is 3.62. The van der Waals surface area contributed by atoms with Crippen molar-refractivity contribution in [2.45, 2.75) is 12.8 Å². The van der Waals surface area contributed by atoms with Crippen LogP contribution in [0.1, 0.15) is 12.2 Å². The van der Waals surface area contributed by atoms with E-state index >= 15 is 0 Å². The van der Waals surface area contributed by atoms with Crippen molar-refractivity contribution in [1.29, 1.82) is 0 Å². The Labute approximate surface area is 98.8 Å². The first-order valence-corrected chi connectivity index (χ1v) is 5.28. The van der Waals surface area contributed by atoms with Crippen LogP contribution in [0.15, 0.2) is 12.4 Å². The van der Waals surface area contributed by atoms with Gasteiger partial charge in [0.05, 0.1) is 0 Å². The Hall–Kier alpha value is -2.05. The first kappa shape index (κ1) is 13.0. The summed E-state index contributed by atoms with van der Waals surface area (Å²) in [7, 11) is 1.44. The van der Waals surface area contributed by atoms with Crippen molar-refractivity contribution in [3.63, 3.8) is 0 Å². The Bertz CT molecular complexity index is 364. The molecule has 0 unspecified atom stereocenters. The van der Waals surface area contributed by atoms with E-state index in [-0.39, 0.29) is 12.6 Å². The highest BCUT2D eigenvalue weighted by Gasteiger charge is 2.10. The molecule has 1 aromatic heterocycles. The Morgan fingerprint density at radius 2 is 2.35 bits per heavy atom. The minimum absolute atomic E-state index is 0.302. The summed E-state index contributed by atoms with van der Waals surface area (Å²) in [5.41, 5.74) is 0. The monoisotopic (exact) mass is 240 g/mol. The molecule has 0 saturated carbocycles. The molecule has 94 valence electrons. The number of likely N-dealkylation sites (N-methyl/N-ethyl adjacent to an activating group) is 1. The largest absolute Gasteiger partial charge is 0.480 e. The highest BCUT2D eigenvalue weighted by atomic mass is 16.4. The number of aromatic nitrogens is 2. The summed E-state index contributed by atoms with van der Waals surface area (Å²) < 4.78 is 0. The number of carbonyl (C=O) groups is 2. The molecular weight excluding hydrogens is 224 g/mol. The maximum absolute atomic E-state index is 11.4. The zero-order valence-electron chi connectivity index (χ0n) is 9.64. The molecule has 0 bridgehead atoms. The number of aliphatic carboxylic acids is 1. The topological polar surface area (TPSA) is 98.3 Å². The molecule has 17 heavy (non-hydrogen) atoms. The molecule has 0 atom stereocenters. The Morgan fingerprint density at radius 3 is 2.94 bits per heavy atom. The van der Waals surface area contributed by atoms with E-state index < -0.39 is 5.97 Å². The van der Waals surface area contributed by atoms with Crippen LogP contribution in [-0.4, -0.2) is 52.1 Å². The molecule has 0 aromatic carbocycles. The summed E-state index contributed by atoms with van der Waals surface area (Å²) in [4.78, 5) is 29.9. The lowest BCUT2D eigenvalue weighted by Crippen LogP contribution is -2.40. The second kappa shape index (κ2) is 6.51. The van der Waals surface area contributed by atoms with Gasteiger partial charge in [-0.15, -0.1) is 0 Å². The summed E-state index contributed by atoms with van der Waals surface area (Å²) in [6, 6.07) is -0.383. The van der Waals surface area contributed by atoms with Gasteiger partial charge in [0.15, 0.2) is 0 Å². The van der Waals surface area contributed by atoms with Crippen molar-refractivity contribution in [1.82, 2.24) is 20.2 Å². The fraction of sp³-hybridized carbons (Fsp3) is 0.500. The van der Waals surface area contributed by atoms with E-state index in [1.165, 1.54) is 7.05 Å². The molecule has 0 aliphatic rings. The number of urea groups is 1. The van der Waals surface area contributed by atoms with Crippen molar-refractivity contribution >= 4 is 12.0 Å². The van der Waals surface area contributed by atoms with Crippen LogP contribution in [0.25, 0.3) is 0 Å². The number of hydrogen-bond donors (Lipinski definition) is 3. The Kier molecular flexibility index (Phi) is 4.99. The molecule has 1 rings (SSSR count). The van der Waals surface area contributed by atoms with Gasteiger partial charge >= 0.3 is 12.0 Å². The van der Waals surface area contributed by atoms with Gasteiger partial charge in [-0.25, -0.2) is 9.78 Å². The predicted molar refractivity (Wildman–Crippen MR) is 60.6 cm³/mol. The number of amides is 2. The number of H-pyrrole nitrogens is 1. The van der Waals surface area contributed by atoms with E-state index in [9.17, 15) is 9.59 Å². The number of imidazole rings is 1. The smallest absolute Gasteiger partial charge is 0.323 e. The lowest BCUT2D eigenvalue weighted by Gasteiger charge is -2.15. The fourth-order valence-electron chi connectivity index (χ4n) is 1.30. The van der Waals surface area contributed by atoms with Gasteiger partial charge in [0.25, 0.3) is 0 Å². The van der Waals surface area contributed by atoms with Crippen LogP contribution >= 0.6 is 0 Å². The number of aromatic amines is 1. The first-order valence-electron chi connectivity index (χ1n) is 5.28. The molecule has 1 heterocycles.